The van der Waals surface area contributed by atoms with Gasteiger partial charge < -0.3 is 20.5 Å². The number of fused-ring (bicyclic) bond motifs is 3. The van der Waals surface area contributed by atoms with Crippen LogP contribution in [0.15, 0.2) is 48.5 Å². The summed E-state index contributed by atoms with van der Waals surface area (Å²) < 4.78 is 5.64. The minimum atomic E-state index is -1.03. The highest BCUT2D eigenvalue weighted by atomic mass is 16.5. The van der Waals surface area contributed by atoms with Crippen molar-refractivity contribution in [3.05, 3.63) is 59.7 Å². The van der Waals surface area contributed by atoms with E-state index in [0.29, 0.717) is 12.8 Å². The maximum Gasteiger partial charge on any atom is 0.407 e. The monoisotopic (exact) mass is 464 g/mol. The molecule has 4 rings (SSSR count). The molecule has 3 N–H and O–H groups in total. The number of carboxylic acids is 1. The molecule has 2 amide bonds. The molecule has 7 heteroatoms. The van der Waals surface area contributed by atoms with Crippen molar-refractivity contribution in [2.24, 2.45) is 11.8 Å². The van der Waals surface area contributed by atoms with Gasteiger partial charge in [0.25, 0.3) is 0 Å². The number of rotatable bonds is 7. The van der Waals surface area contributed by atoms with Crippen LogP contribution >= 0.6 is 0 Å². The molecule has 1 fully saturated rings. The van der Waals surface area contributed by atoms with Crippen molar-refractivity contribution in [3.63, 3.8) is 0 Å². The number of carboxylic acid groups (broad SMARTS) is 1. The van der Waals surface area contributed by atoms with Gasteiger partial charge in [-0.1, -0.05) is 68.8 Å². The zero-order chi connectivity index (χ0) is 24.2. The van der Waals surface area contributed by atoms with Crippen molar-refractivity contribution < 1.29 is 24.2 Å². The third-order valence-electron chi connectivity index (χ3n) is 6.94. The van der Waals surface area contributed by atoms with E-state index in [2.05, 4.69) is 34.9 Å². The molecular formula is C27H32N2O5. The van der Waals surface area contributed by atoms with Gasteiger partial charge in [0.15, 0.2) is 0 Å². The average Bonchev–Trinajstić information content (AvgIpc) is 3.14. The van der Waals surface area contributed by atoms with Crippen LogP contribution < -0.4 is 10.6 Å². The van der Waals surface area contributed by atoms with Gasteiger partial charge in [-0.25, -0.2) is 9.59 Å². The molecule has 0 saturated heterocycles. The number of ether oxygens (including phenoxy) is 1. The number of carbonyl (C=O) groups is 3. The quantitative estimate of drug-likeness (QED) is 0.566. The molecule has 34 heavy (non-hydrogen) atoms. The number of benzene rings is 2. The van der Waals surface area contributed by atoms with Gasteiger partial charge in [0.05, 0.1) is 0 Å². The van der Waals surface area contributed by atoms with Crippen LogP contribution in [0.1, 0.15) is 56.6 Å². The SMILES string of the molecule is CC(C)[C@@H](NC(=O)[C@@H]1CCC[C@H](NC(=O)OCC2c3ccccc3-c3ccccc32)C1)C(=O)O. The Kier molecular flexibility index (Phi) is 7.20. The van der Waals surface area contributed by atoms with Gasteiger partial charge in [0.1, 0.15) is 12.6 Å². The first-order valence-electron chi connectivity index (χ1n) is 12.0. The van der Waals surface area contributed by atoms with Gasteiger partial charge in [-0.05, 0) is 47.4 Å². The normalized spacial score (nSPS) is 20.2. The molecule has 7 nitrogen and oxygen atoms in total. The number of amides is 2. The molecule has 0 aliphatic heterocycles. The van der Waals surface area contributed by atoms with E-state index in [0.717, 1.165) is 24.0 Å². The van der Waals surface area contributed by atoms with Crippen molar-refractivity contribution in [3.8, 4) is 11.1 Å². The minimum Gasteiger partial charge on any atom is -0.480 e. The molecule has 2 aromatic carbocycles. The van der Waals surface area contributed by atoms with Gasteiger partial charge in [-0.2, -0.15) is 0 Å². The largest absolute Gasteiger partial charge is 0.480 e. The second kappa shape index (κ2) is 10.3. The molecule has 0 aromatic heterocycles. The third kappa shape index (κ3) is 5.08. The van der Waals surface area contributed by atoms with E-state index in [4.69, 9.17) is 4.74 Å². The Morgan fingerprint density at radius 2 is 1.62 bits per heavy atom. The van der Waals surface area contributed by atoms with Crippen LogP contribution in [0.2, 0.25) is 0 Å². The molecular weight excluding hydrogens is 432 g/mol. The predicted molar refractivity (Wildman–Crippen MR) is 128 cm³/mol. The minimum absolute atomic E-state index is 0.00739. The Morgan fingerprint density at radius 3 is 2.21 bits per heavy atom. The third-order valence-corrected chi connectivity index (χ3v) is 6.94. The first-order chi connectivity index (χ1) is 16.3. The highest BCUT2D eigenvalue weighted by Gasteiger charge is 2.33. The Bertz CT molecular complexity index is 1020. The maximum absolute atomic E-state index is 12.7. The number of alkyl carbamates (subject to hydrolysis) is 1. The van der Waals surface area contributed by atoms with Crippen molar-refractivity contribution in [2.45, 2.75) is 57.5 Å². The molecule has 180 valence electrons. The van der Waals surface area contributed by atoms with Crippen LogP contribution in [-0.4, -0.2) is 41.8 Å². The molecule has 0 radical (unpaired) electrons. The number of nitrogens with one attached hydrogen (secondary N) is 2. The van der Waals surface area contributed by atoms with Crippen molar-refractivity contribution >= 4 is 18.0 Å². The standard InChI is InChI=1S/C27H32N2O5/c1-16(2)24(26(31)32)29-25(30)17-8-7-9-18(14-17)28-27(33)34-15-23-21-12-5-3-10-19(21)20-11-4-6-13-22(20)23/h3-6,10-13,16-18,23-24H,7-9,14-15H2,1-2H3,(H,28,33)(H,29,30)(H,31,32)/t17-,18+,24-/m1/s1. The molecule has 0 spiro atoms. The summed E-state index contributed by atoms with van der Waals surface area (Å²) in [5.41, 5.74) is 4.66. The Hall–Kier alpha value is -3.35. The number of hydrogen-bond donors (Lipinski definition) is 3. The number of aliphatic carboxylic acids is 1. The fourth-order valence-corrected chi connectivity index (χ4v) is 5.15. The predicted octanol–water partition coefficient (Wildman–Crippen LogP) is 4.31. The molecule has 0 bridgehead atoms. The molecule has 0 heterocycles. The highest BCUT2D eigenvalue weighted by Crippen LogP contribution is 2.44. The average molecular weight is 465 g/mol. The van der Waals surface area contributed by atoms with E-state index >= 15 is 0 Å². The van der Waals surface area contributed by atoms with Crippen LogP contribution in [0.4, 0.5) is 4.79 Å². The topological polar surface area (TPSA) is 105 Å². The van der Waals surface area contributed by atoms with E-state index in [1.54, 1.807) is 13.8 Å². The van der Waals surface area contributed by atoms with Gasteiger partial charge in [-0.3, -0.25) is 4.79 Å². The maximum atomic E-state index is 12.7. The molecule has 0 unspecified atom stereocenters. The fraction of sp³-hybridized carbons (Fsp3) is 0.444. The number of hydrogen-bond acceptors (Lipinski definition) is 4. The lowest BCUT2D eigenvalue weighted by Crippen LogP contribution is -2.49. The molecule has 2 aromatic rings. The van der Waals surface area contributed by atoms with E-state index in [-0.39, 0.29) is 36.3 Å². The lowest BCUT2D eigenvalue weighted by atomic mass is 9.85. The summed E-state index contributed by atoms with van der Waals surface area (Å²) in [7, 11) is 0. The van der Waals surface area contributed by atoms with Gasteiger partial charge in [-0.15, -0.1) is 0 Å². The summed E-state index contributed by atoms with van der Waals surface area (Å²) in [4.78, 5) is 36.7. The lowest BCUT2D eigenvalue weighted by molar-refractivity contribution is -0.144. The zero-order valence-corrected chi connectivity index (χ0v) is 19.6. The smallest absolute Gasteiger partial charge is 0.407 e. The van der Waals surface area contributed by atoms with Crippen LogP contribution in [0, 0.1) is 11.8 Å². The first-order valence-corrected chi connectivity index (χ1v) is 12.0. The van der Waals surface area contributed by atoms with Gasteiger partial charge in [0.2, 0.25) is 5.91 Å². The Balaban J connectivity index is 1.32. The first kappa shape index (κ1) is 23.8. The molecule has 2 aliphatic carbocycles. The van der Waals surface area contributed by atoms with Crippen LogP contribution in [0.5, 0.6) is 0 Å². The van der Waals surface area contributed by atoms with Crippen molar-refractivity contribution in [2.75, 3.05) is 6.61 Å². The Morgan fingerprint density at radius 1 is 1.00 bits per heavy atom. The van der Waals surface area contributed by atoms with Crippen LogP contribution in [0.25, 0.3) is 11.1 Å². The van der Waals surface area contributed by atoms with E-state index in [9.17, 15) is 19.5 Å². The second-order valence-electron chi connectivity index (χ2n) is 9.60. The van der Waals surface area contributed by atoms with Crippen LogP contribution in [0.3, 0.4) is 0 Å². The van der Waals surface area contributed by atoms with Gasteiger partial charge >= 0.3 is 12.1 Å². The summed E-state index contributed by atoms with van der Waals surface area (Å²) in [5, 5.41) is 14.9. The molecule has 2 aliphatic rings. The fourth-order valence-electron chi connectivity index (χ4n) is 5.15. The summed E-state index contributed by atoms with van der Waals surface area (Å²) in [6.45, 7) is 3.77. The molecule has 1 saturated carbocycles. The summed E-state index contributed by atoms with van der Waals surface area (Å²) in [5.74, 6) is -1.84. The lowest BCUT2D eigenvalue weighted by Gasteiger charge is -2.30. The van der Waals surface area contributed by atoms with Gasteiger partial charge in [0, 0.05) is 17.9 Å². The summed E-state index contributed by atoms with van der Waals surface area (Å²) in [6, 6.07) is 15.3. The van der Waals surface area contributed by atoms with Crippen molar-refractivity contribution in [1.29, 1.82) is 0 Å². The molecule has 3 atom stereocenters. The number of carbonyl (C=O) groups excluding carboxylic acids is 2. The summed E-state index contributed by atoms with van der Waals surface area (Å²) in [6.07, 6.45) is 2.21. The van der Waals surface area contributed by atoms with E-state index in [1.165, 1.54) is 11.1 Å². The second-order valence-corrected chi connectivity index (χ2v) is 9.60. The Labute approximate surface area is 199 Å². The highest BCUT2D eigenvalue weighted by molar-refractivity contribution is 5.85. The van der Waals surface area contributed by atoms with Crippen LogP contribution in [-0.2, 0) is 14.3 Å². The zero-order valence-electron chi connectivity index (χ0n) is 19.6. The van der Waals surface area contributed by atoms with E-state index in [1.807, 2.05) is 24.3 Å². The summed E-state index contributed by atoms with van der Waals surface area (Å²) >= 11 is 0. The van der Waals surface area contributed by atoms with Crippen molar-refractivity contribution in [1.82, 2.24) is 10.6 Å². The van der Waals surface area contributed by atoms with E-state index < -0.39 is 18.1 Å².